The van der Waals surface area contributed by atoms with E-state index in [1.165, 1.54) is 4.90 Å². The minimum absolute atomic E-state index is 0.284. The van der Waals surface area contributed by atoms with Crippen molar-refractivity contribution in [1.29, 1.82) is 0 Å². The van der Waals surface area contributed by atoms with Crippen molar-refractivity contribution >= 4 is 28.4 Å². The maximum atomic E-state index is 12.9. The van der Waals surface area contributed by atoms with Crippen molar-refractivity contribution in [2.24, 2.45) is 0 Å². The van der Waals surface area contributed by atoms with E-state index in [4.69, 9.17) is 0 Å². The molecule has 0 fully saturated rings. The number of nitrogens with zero attached hydrogens (tertiary/aromatic N) is 2. The number of hydrogen-bond donors (Lipinski definition) is 0. The van der Waals surface area contributed by atoms with Gasteiger partial charge in [-0.15, -0.1) is 0 Å². The Bertz CT molecular complexity index is 932. The van der Waals surface area contributed by atoms with Crippen molar-refractivity contribution in [3.8, 4) is 0 Å². The van der Waals surface area contributed by atoms with Crippen molar-refractivity contribution in [3.05, 3.63) is 71.4 Å². The molecule has 0 unspecified atom stereocenters. The zero-order valence-corrected chi connectivity index (χ0v) is 11.9. The highest BCUT2D eigenvalue weighted by molar-refractivity contribution is 6.37. The molecule has 4 rings (SSSR count). The second kappa shape index (κ2) is 4.49. The summed E-state index contributed by atoms with van der Waals surface area (Å²) < 4.78 is 0. The molecule has 2 heterocycles. The third kappa shape index (κ3) is 1.61. The molecule has 0 aliphatic carbocycles. The summed E-state index contributed by atoms with van der Waals surface area (Å²) in [6.07, 6.45) is 0. The van der Waals surface area contributed by atoms with Crippen molar-refractivity contribution in [2.75, 3.05) is 4.90 Å². The van der Waals surface area contributed by atoms with Crippen LogP contribution in [0.25, 0.3) is 10.9 Å². The predicted molar refractivity (Wildman–Crippen MR) is 84.1 cm³/mol. The zero-order valence-electron chi connectivity index (χ0n) is 11.9. The van der Waals surface area contributed by atoms with E-state index >= 15 is 0 Å². The van der Waals surface area contributed by atoms with Crippen LogP contribution in [0, 0.1) is 6.92 Å². The van der Waals surface area contributed by atoms with Gasteiger partial charge in [-0.1, -0.05) is 36.4 Å². The fraction of sp³-hybridized carbons (Fsp3) is 0.0556. The van der Waals surface area contributed by atoms with E-state index in [9.17, 15) is 9.59 Å². The largest absolute Gasteiger partial charge is 0.268 e. The smallest absolute Gasteiger partial charge is 0.268 e. The first-order valence-corrected chi connectivity index (χ1v) is 7.01. The summed E-state index contributed by atoms with van der Waals surface area (Å²) in [7, 11) is 0. The fourth-order valence-corrected chi connectivity index (χ4v) is 2.95. The second-order valence-electron chi connectivity index (χ2n) is 5.25. The molecule has 2 amide bonds. The molecule has 0 spiro atoms. The molecule has 4 heteroatoms. The van der Waals surface area contributed by atoms with Crippen LogP contribution in [0.2, 0.25) is 0 Å². The third-order valence-electron chi connectivity index (χ3n) is 3.92. The number of benzene rings is 2. The van der Waals surface area contributed by atoms with Gasteiger partial charge < -0.3 is 0 Å². The van der Waals surface area contributed by atoms with Crippen molar-refractivity contribution < 1.29 is 9.59 Å². The lowest BCUT2D eigenvalue weighted by atomic mass is 10.0. The van der Waals surface area contributed by atoms with Gasteiger partial charge in [-0.3, -0.25) is 14.6 Å². The van der Waals surface area contributed by atoms with Gasteiger partial charge in [-0.05, 0) is 25.1 Å². The number of rotatable bonds is 1. The van der Waals surface area contributed by atoms with Gasteiger partial charge in [0.15, 0.2) is 0 Å². The van der Waals surface area contributed by atoms with E-state index in [1.54, 1.807) is 19.1 Å². The number of aromatic nitrogens is 1. The Labute approximate surface area is 127 Å². The number of aryl methyl sites for hydroxylation is 1. The average molecular weight is 288 g/mol. The standard InChI is InChI=1S/C18H12N2O2/c1-11-15-16(13-9-5-6-10-14(13)19-11)18(22)20(17(15)21)12-7-3-2-4-8-12/h2-10H,1H3. The Morgan fingerprint density at radius 3 is 2.23 bits per heavy atom. The van der Waals surface area contributed by atoms with Gasteiger partial charge in [-0.2, -0.15) is 0 Å². The normalized spacial score (nSPS) is 13.8. The van der Waals surface area contributed by atoms with Crippen LogP contribution in [0.3, 0.4) is 0 Å². The summed E-state index contributed by atoms with van der Waals surface area (Å²) in [5.74, 6) is -0.588. The van der Waals surface area contributed by atoms with Gasteiger partial charge in [0.25, 0.3) is 11.8 Å². The van der Waals surface area contributed by atoms with E-state index < -0.39 is 0 Å². The topological polar surface area (TPSA) is 50.3 Å². The summed E-state index contributed by atoms with van der Waals surface area (Å²) in [6, 6.07) is 16.4. The first-order chi connectivity index (χ1) is 10.7. The molecule has 1 aliphatic rings. The Kier molecular flexibility index (Phi) is 2.60. The van der Waals surface area contributed by atoms with Crippen LogP contribution in [-0.4, -0.2) is 16.8 Å². The van der Waals surface area contributed by atoms with Gasteiger partial charge in [0.05, 0.1) is 28.0 Å². The maximum absolute atomic E-state index is 12.9. The highest BCUT2D eigenvalue weighted by atomic mass is 16.2. The van der Waals surface area contributed by atoms with Crippen LogP contribution in [0.15, 0.2) is 54.6 Å². The quantitative estimate of drug-likeness (QED) is 0.645. The number of pyridine rings is 1. The number of para-hydroxylation sites is 2. The molecule has 1 aromatic heterocycles. The van der Waals surface area contributed by atoms with Gasteiger partial charge in [0.1, 0.15) is 0 Å². The van der Waals surface area contributed by atoms with Gasteiger partial charge >= 0.3 is 0 Å². The average Bonchev–Trinajstić information content (AvgIpc) is 2.80. The van der Waals surface area contributed by atoms with E-state index in [1.807, 2.05) is 42.5 Å². The van der Waals surface area contributed by atoms with E-state index in [0.29, 0.717) is 22.5 Å². The molecule has 1 aliphatic heterocycles. The fourth-order valence-electron chi connectivity index (χ4n) is 2.95. The van der Waals surface area contributed by atoms with Gasteiger partial charge in [0, 0.05) is 5.39 Å². The lowest BCUT2D eigenvalue weighted by Crippen LogP contribution is -2.29. The summed E-state index contributed by atoms with van der Waals surface area (Å²) >= 11 is 0. The molecule has 106 valence electrons. The molecule has 0 bridgehead atoms. The lowest BCUT2D eigenvalue weighted by molar-refractivity contribution is 0.0926. The van der Waals surface area contributed by atoms with Crippen LogP contribution in [0.1, 0.15) is 26.4 Å². The molecule has 0 saturated carbocycles. The SMILES string of the molecule is Cc1nc2ccccc2c2c1C(=O)N(c1ccccc1)C2=O. The number of imide groups is 1. The number of carbonyl (C=O) groups is 2. The number of amides is 2. The first kappa shape index (κ1) is 12.7. The molecule has 0 N–H and O–H groups in total. The summed E-state index contributed by atoms with van der Waals surface area (Å²) in [5.41, 5.74) is 2.77. The molecule has 22 heavy (non-hydrogen) atoms. The van der Waals surface area contributed by atoms with E-state index in [2.05, 4.69) is 4.98 Å². The summed E-state index contributed by atoms with van der Waals surface area (Å²) in [5, 5.41) is 0.722. The second-order valence-corrected chi connectivity index (χ2v) is 5.25. The highest BCUT2D eigenvalue weighted by Crippen LogP contribution is 2.33. The summed E-state index contributed by atoms with van der Waals surface area (Å²) in [4.78, 5) is 31.3. The van der Waals surface area contributed by atoms with Gasteiger partial charge in [0.2, 0.25) is 0 Å². The van der Waals surface area contributed by atoms with Crippen LogP contribution < -0.4 is 4.90 Å². The first-order valence-electron chi connectivity index (χ1n) is 7.01. The van der Waals surface area contributed by atoms with Crippen molar-refractivity contribution in [1.82, 2.24) is 4.98 Å². The highest BCUT2D eigenvalue weighted by Gasteiger charge is 2.39. The van der Waals surface area contributed by atoms with E-state index in [0.717, 1.165) is 10.9 Å². The molecule has 0 saturated heterocycles. The molecule has 4 nitrogen and oxygen atoms in total. The summed E-state index contributed by atoms with van der Waals surface area (Å²) in [6.45, 7) is 1.77. The Hall–Kier alpha value is -3.01. The number of anilines is 1. The third-order valence-corrected chi connectivity index (χ3v) is 3.92. The molecular weight excluding hydrogens is 276 g/mol. The minimum Gasteiger partial charge on any atom is -0.268 e. The number of fused-ring (bicyclic) bond motifs is 3. The van der Waals surface area contributed by atoms with Crippen LogP contribution >= 0.6 is 0 Å². The number of hydrogen-bond acceptors (Lipinski definition) is 3. The zero-order chi connectivity index (χ0) is 15.3. The Morgan fingerprint density at radius 1 is 0.818 bits per heavy atom. The lowest BCUT2D eigenvalue weighted by Gasteiger charge is -2.13. The number of carbonyl (C=O) groups excluding carboxylic acids is 2. The van der Waals surface area contributed by atoms with Crippen LogP contribution in [0.5, 0.6) is 0 Å². The van der Waals surface area contributed by atoms with Crippen molar-refractivity contribution in [2.45, 2.75) is 6.92 Å². The molecule has 0 atom stereocenters. The predicted octanol–water partition coefficient (Wildman–Crippen LogP) is 3.34. The molecule has 3 aromatic rings. The minimum atomic E-state index is -0.304. The van der Waals surface area contributed by atoms with Gasteiger partial charge in [-0.25, -0.2) is 4.90 Å². The monoisotopic (exact) mass is 288 g/mol. The van der Waals surface area contributed by atoms with Crippen molar-refractivity contribution in [3.63, 3.8) is 0 Å². The van der Waals surface area contributed by atoms with Crippen LogP contribution in [0.4, 0.5) is 5.69 Å². The Morgan fingerprint density at radius 2 is 1.45 bits per heavy atom. The van der Waals surface area contributed by atoms with E-state index in [-0.39, 0.29) is 11.8 Å². The Balaban J connectivity index is 2.02. The maximum Gasteiger partial charge on any atom is 0.268 e. The van der Waals surface area contributed by atoms with Crippen LogP contribution in [-0.2, 0) is 0 Å². The molecule has 0 radical (unpaired) electrons. The molecule has 2 aromatic carbocycles. The molecular formula is C18H12N2O2.